The molecule has 2 fully saturated rings. The van der Waals surface area contributed by atoms with Crippen LogP contribution >= 0.6 is 0 Å². The van der Waals surface area contributed by atoms with Crippen LogP contribution < -0.4 is 5.73 Å². The van der Waals surface area contributed by atoms with E-state index in [0.717, 1.165) is 0 Å². The van der Waals surface area contributed by atoms with Gasteiger partial charge in [0.2, 0.25) is 15.9 Å². The quantitative estimate of drug-likeness (QED) is 0.778. The molecule has 21 heavy (non-hydrogen) atoms. The van der Waals surface area contributed by atoms with Crippen molar-refractivity contribution in [2.75, 3.05) is 25.4 Å². The maximum atomic E-state index is 12.8. The molecule has 1 aromatic rings. The number of rotatable bonds is 2. The van der Waals surface area contributed by atoms with Crippen molar-refractivity contribution >= 4 is 21.7 Å². The number of aryl methyl sites for hydroxylation is 1. The zero-order valence-electron chi connectivity index (χ0n) is 12.1. The Morgan fingerprint density at radius 1 is 1.33 bits per heavy atom. The fraction of sp³-hybridized carbons (Fsp3) is 0.667. The zero-order valence-corrected chi connectivity index (χ0v) is 12.9. The van der Waals surface area contributed by atoms with Crippen molar-refractivity contribution in [1.82, 2.24) is 19.0 Å². The molecular weight excluding hydrogens is 294 g/mol. The van der Waals surface area contributed by atoms with Gasteiger partial charge in [-0.05, 0) is 13.3 Å². The minimum absolute atomic E-state index is 0.0146. The number of piperazine rings is 1. The fourth-order valence-corrected chi connectivity index (χ4v) is 4.88. The van der Waals surface area contributed by atoms with Crippen LogP contribution in [-0.2, 0) is 21.9 Å². The smallest absolute Gasteiger partial charge is 0.248 e. The second-order valence-corrected chi connectivity index (χ2v) is 7.44. The summed E-state index contributed by atoms with van der Waals surface area (Å²) in [5, 5.41) is 3.97. The number of fused-ring (bicyclic) bond motifs is 1. The summed E-state index contributed by atoms with van der Waals surface area (Å²) in [5.74, 6) is 0.147. The molecule has 0 aliphatic carbocycles. The topological polar surface area (TPSA) is 102 Å². The van der Waals surface area contributed by atoms with Crippen LogP contribution in [0, 0.1) is 6.92 Å². The molecule has 1 aromatic heterocycles. The number of carbonyl (C=O) groups is 1. The van der Waals surface area contributed by atoms with Gasteiger partial charge in [0, 0.05) is 39.1 Å². The van der Waals surface area contributed by atoms with Crippen LogP contribution in [0.25, 0.3) is 0 Å². The van der Waals surface area contributed by atoms with Crippen molar-refractivity contribution in [2.24, 2.45) is 7.05 Å². The number of hydrogen-bond acceptors (Lipinski definition) is 5. The minimum atomic E-state index is -3.67. The van der Waals surface area contributed by atoms with Gasteiger partial charge in [0.15, 0.2) is 5.82 Å². The summed E-state index contributed by atoms with van der Waals surface area (Å²) in [6.07, 6.45) is 1.22. The normalized spacial score (nSPS) is 23.6. The maximum absolute atomic E-state index is 12.8. The van der Waals surface area contributed by atoms with Gasteiger partial charge >= 0.3 is 0 Å². The first-order valence-corrected chi connectivity index (χ1v) is 8.35. The van der Waals surface area contributed by atoms with E-state index in [1.165, 1.54) is 8.99 Å². The van der Waals surface area contributed by atoms with E-state index >= 15 is 0 Å². The number of nitrogens with zero attached hydrogens (tertiary/aromatic N) is 4. The van der Waals surface area contributed by atoms with Crippen molar-refractivity contribution in [1.29, 1.82) is 0 Å². The molecule has 1 atom stereocenters. The first kappa shape index (κ1) is 14.3. The molecule has 0 aromatic carbocycles. The highest BCUT2D eigenvalue weighted by atomic mass is 32.2. The van der Waals surface area contributed by atoms with E-state index < -0.39 is 10.0 Å². The van der Waals surface area contributed by atoms with E-state index in [0.29, 0.717) is 38.2 Å². The Bertz CT molecular complexity index is 696. The van der Waals surface area contributed by atoms with E-state index in [4.69, 9.17) is 5.73 Å². The van der Waals surface area contributed by atoms with Crippen LogP contribution in [0.2, 0.25) is 0 Å². The zero-order chi connectivity index (χ0) is 15.4. The Hall–Kier alpha value is -1.61. The number of sulfonamides is 1. The molecule has 1 unspecified atom stereocenters. The summed E-state index contributed by atoms with van der Waals surface area (Å²) < 4.78 is 28.5. The lowest BCUT2D eigenvalue weighted by Crippen LogP contribution is -2.53. The SMILES string of the molecule is Cc1c(S(=O)(=O)N2CCN3C(=O)CCC3C2)c(N)nn1C. The highest BCUT2D eigenvalue weighted by Gasteiger charge is 2.41. The molecule has 0 radical (unpaired) electrons. The van der Waals surface area contributed by atoms with Crippen LogP contribution in [0.3, 0.4) is 0 Å². The summed E-state index contributed by atoms with van der Waals surface area (Å²) in [4.78, 5) is 13.5. The van der Waals surface area contributed by atoms with Gasteiger partial charge in [-0.15, -0.1) is 0 Å². The van der Waals surface area contributed by atoms with Gasteiger partial charge in [0.1, 0.15) is 4.90 Å². The lowest BCUT2D eigenvalue weighted by molar-refractivity contribution is -0.130. The number of nitrogen functional groups attached to an aromatic ring is 1. The largest absolute Gasteiger partial charge is 0.381 e. The molecule has 3 rings (SSSR count). The van der Waals surface area contributed by atoms with Crippen molar-refractivity contribution < 1.29 is 13.2 Å². The molecule has 2 aliphatic heterocycles. The maximum Gasteiger partial charge on any atom is 0.248 e. The van der Waals surface area contributed by atoms with Crippen LogP contribution in [-0.4, -0.2) is 59.0 Å². The highest BCUT2D eigenvalue weighted by Crippen LogP contribution is 2.29. The molecular formula is C12H19N5O3S. The number of carbonyl (C=O) groups excluding carboxylic acids is 1. The van der Waals surface area contributed by atoms with Crippen molar-refractivity contribution in [3.8, 4) is 0 Å². The predicted octanol–water partition coefficient (Wildman–Crippen LogP) is -0.694. The van der Waals surface area contributed by atoms with E-state index in [1.54, 1.807) is 18.9 Å². The Balaban J connectivity index is 1.91. The van der Waals surface area contributed by atoms with Crippen molar-refractivity contribution in [2.45, 2.75) is 30.7 Å². The number of anilines is 1. The van der Waals surface area contributed by atoms with Gasteiger partial charge in [0.25, 0.3) is 0 Å². The molecule has 0 bridgehead atoms. The van der Waals surface area contributed by atoms with E-state index in [9.17, 15) is 13.2 Å². The second-order valence-electron chi connectivity index (χ2n) is 5.57. The second kappa shape index (κ2) is 4.70. The number of hydrogen-bond donors (Lipinski definition) is 1. The molecule has 0 spiro atoms. The molecule has 2 N–H and O–H groups in total. The first-order chi connectivity index (χ1) is 9.82. The van der Waals surface area contributed by atoms with Gasteiger partial charge < -0.3 is 10.6 Å². The van der Waals surface area contributed by atoms with Crippen LogP contribution in [0.4, 0.5) is 5.82 Å². The highest BCUT2D eigenvalue weighted by molar-refractivity contribution is 7.89. The molecule has 8 nitrogen and oxygen atoms in total. The Morgan fingerprint density at radius 2 is 2.05 bits per heavy atom. The molecule has 116 valence electrons. The number of aromatic nitrogens is 2. The lowest BCUT2D eigenvalue weighted by atomic mass is 10.2. The third-order valence-corrected chi connectivity index (χ3v) is 6.39. The van der Waals surface area contributed by atoms with Gasteiger partial charge in [0.05, 0.1) is 5.69 Å². The van der Waals surface area contributed by atoms with E-state index in [-0.39, 0.29) is 22.7 Å². The Morgan fingerprint density at radius 3 is 2.67 bits per heavy atom. The molecule has 3 heterocycles. The molecule has 1 amide bonds. The summed E-state index contributed by atoms with van der Waals surface area (Å²) in [5.41, 5.74) is 6.29. The summed E-state index contributed by atoms with van der Waals surface area (Å²) in [6.45, 7) is 2.77. The number of nitrogens with two attached hydrogens (primary N) is 1. The standard InChI is InChI=1S/C12H19N5O3S/c1-8-11(12(13)14-15(8)2)21(19,20)16-5-6-17-9(7-16)3-4-10(17)18/h9H,3-7H2,1-2H3,(H2,13,14). The Kier molecular flexibility index (Phi) is 3.21. The molecule has 0 saturated carbocycles. The van der Waals surface area contributed by atoms with Crippen molar-refractivity contribution in [3.63, 3.8) is 0 Å². The van der Waals surface area contributed by atoms with Crippen molar-refractivity contribution in [3.05, 3.63) is 5.69 Å². The van der Waals surface area contributed by atoms with E-state index in [2.05, 4.69) is 5.10 Å². The van der Waals surface area contributed by atoms with Crippen LogP contribution in [0.15, 0.2) is 4.90 Å². The average Bonchev–Trinajstić information content (AvgIpc) is 2.91. The monoisotopic (exact) mass is 313 g/mol. The van der Waals surface area contributed by atoms with Gasteiger partial charge in [-0.25, -0.2) is 8.42 Å². The third kappa shape index (κ3) is 2.11. The van der Waals surface area contributed by atoms with Crippen LogP contribution in [0.1, 0.15) is 18.5 Å². The third-order valence-electron chi connectivity index (χ3n) is 4.36. The van der Waals surface area contributed by atoms with Crippen LogP contribution in [0.5, 0.6) is 0 Å². The Labute approximate surface area is 123 Å². The summed E-state index contributed by atoms with van der Waals surface area (Å²) in [7, 11) is -2.01. The molecule has 2 aliphatic rings. The summed E-state index contributed by atoms with van der Waals surface area (Å²) >= 11 is 0. The minimum Gasteiger partial charge on any atom is -0.381 e. The number of amides is 1. The first-order valence-electron chi connectivity index (χ1n) is 6.91. The van der Waals surface area contributed by atoms with E-state index in [1.807, 2.05) is 0 Å². The predicted molar refractivity (Wildman–Crippen MR) is 75.9 cm³/mol. The van der Waals surface area contributed by atoms with Gasteiger partial charge in [-0.2, -0.15) is 9.40 Å². The summed E-state index contributed by atoms with van der Waals surface area (Å²) in [6, 6.07) is -0.0146. The molecule has 2 saturated heterocycles. The van der Waals surface area contributed by atoms with Gasteiger partial charge in [-0.1, -0.05) is 0 Å². The fourth-order valence-electron chi connectivity index (χ4n) is 3.12. The average molecular weight is 313 g/mol. The van der Waals surface area contributed by atoms with Gasteiger partial charge in [-0.3, -0.25) is 9.48 Å². The lowest BCUT2D eigenvalue weighted by Gasteiger charge is -2.36. The molecule has 9 heteroatoms.